The van der Waals surface area contributed by atoms with Gasteiger partial charge in [-0.15, -0.1) is 0 Å². The minimum atomic E-state index is -1.02. The fraction of sp³-hybridized carbons (Fsp3) is 0.500. The molecule has 75 heavy (non-hydrogen) atoms. The minimum absolute atomic E-state index is 0.0262. The number of imide groups is 2. The molecule has 6 saturated heterocycles. The van der Waals surface area contributed by atoms with Gasteiger partial charge in [-0.3, -0.25) is 49.0 Å². The lowest BCUT2D eigenvalue weighted by Crippen LogP contribution is -2.56. The zero-order valence-electron chi connectivity index (χ0n) is 42.1. The van der Waals surface area contributed by atoms with Gasteiger partial charge >= 0.3 is 6.01 Å². The Bertz CT molecular complexity index is 3140. The number of phenolic OH excluding ortho intramolecular Hbond substituents is 1. The molecule has 18 nitrogen and oxygen atoms in total. The highest BCUT2D eigenvalue weighted by Crippen LogP contribution is 2.45. The summed E-state index contributed by atoms with van der Waals surface area (Å²) in [4.78, 5) is 91.7. The van der Waals surface area contributed by atoms with E-state index in [4.69, 9.17) is 19.7 Å². The molecular weight excluding hydrogens is 958 g/mol. The average molecular weight is 1020 g/mol. The summed E-state index contributed by atoms with van der Waals surface area (Å²) in [7, 11) is 2.11. The number of anilines is 2. The van der Waals surface area contributed by atoms with Gasteiger partial charge in [0.25, 0.3) is 11.8 Å². The zero-order chi connectivity index (χ0) is 51.2. The monoisotopic (exact) mass is 1020 g/mol. The SMILES string of the molecule is CN1C[C@H](N2CCC(C(=O)N3CCN(c4ccc5c(c4)C(=O)N(C4CCC(=O)NC4=O)C5=O)CC3)CC2)C[C@@H]1COc1nc(N2CC3CC4CCC4CC(C2)N3)c2cnc(-c3cc(O)cc4ccccc34)c(F)c2n1. The molecule has 2 aromatic heterocycles. The van der Waals surface area contributed by atoms with Crippen molar-refractivity contribution in [3.63, 3.8) is 0 Å². The number of halogens is 1. The van der Waals surface area contributed by atoms with E-state index in [0.29, 0.717) is 61.6 Å². The quantitative estimate of drug-likeness (QED) is 0.174. The molecule has 19 heteroatoms. The summed E-state index contributed by atoms with van der Waals surface area (Å²) in [5, 5.41) is 18.9. The first kappa shape index (κ1) is 47.9. The number of carbonyl (C=O) groups excluding carboxylic acids is 5. The maximum absolute atomic E-state index is 17.2. The Morgan fingerprint density at radius 2 is 1.53 bits per heavy atom. The van der Waals surface area contributed by atoms with Gasteiger partial charge in [-0.05, 0) is 124 Å². The number of piperazine rings is 2. The molecule has 13 rings (SSSR count). The molecule has 7 aliphatic heterocycles. The number of carbonyl (C=O) groups is 5. The van der Waals surface area contributed by atoms with Crippen molar-refractivity contribution in [2.45, 2.75) is 88.0 Å². The lowest BCUT2D eigenvalue weighted by molar-refractivity contribution is -0.138. The number of pyridine rings is 1. The highest BCUT2D eigenvalue weighted by Gasteiger charge is 2.46. The van der Waals surface area contributed by atoms with E-state index in [1.54, 1.807) is 30.5 Å². The maximum atomic E-state index is 17.2. The van der Waals surface area contributed by atoms with Gasteiger partial charge in [0.15, 0.2) is 5.82 Å². The van der Waals surface area contributed by atoms with Crippen molar-refractivity contribution in [1.29, 1.82) is 0 Å². The number of ether oxygens (including phenoxy) is 1. The van der Waals surface area contributed by atoms with Gasteiger partial charge < -0.3 is 29.9 Å². The number of hydrogen-bond acceptors (Lipinski definition) is 15. The molecule has 3 aromatic carbocycles. The number of hydrogen-bond donors (Lipinski definition) is 3. The van der Waals surface area contributed by atoms with E-state index < -0.39 is 35.5 Å². The van der Waals surface area contributed by atoms with E-state index in [1.807, 2.05) is 35.2 Å². The zero-order valence-corrected chi connectivity index (χ0v) is 42.1. The Morgan fingerprint density at radius 3 is 2.28 bits per heavy atom. The number of phenols is 1. The number of aromatic nitrogens is 3. The molecule has 1 saturated carbocycles. The molecule has 7 atom stereocenters. The van der Waals surface area contributed by atoms with E-state index in [2.05, 4.69) is 37.3 Å². The summed E-state index contributed by atoms with van der Waals surface area (Å²) < 4.78 is 23.7. The number of nitrogens with zero attached hydrogens (tertiary/aromatic N) is 9. The van der Waals surface area contributed by atoms with Crippen molar-refractivity contribution in [3.05, 3.63) is 77.7 Å². The van der Waals surface area contributed by atoms with Crippen molar-refractivity contribution in [2.75, 3.05) is 82.4 Å². The number of nitrogens with one attached hydrogen (secondary N) is 2. The lowest BCUT2D eigenvalue weighted by atomic mass is 9.69. The third-order valence-corrected chi connectivity index (χ3v) is 18.0. The number of benzene rings is 3. The smallest absolute Gasteiger partial charge is 0.319 e. The number of likely N-dealkylation sites (N-methyl/N-ethyl adjacent to an activating group) is 1. The van der Waals surface area contributed by atoms with Crippen LogP contribution in [0.4, 0.5) is 15.9 Å². The average Bonchev–Trinajstić information content (AvgIpc) is 3.89. The van der Waals surface area contributed by atoms with Crippen molar-refractivity contribution < 1.29 is 38.2 Å². The van der Waals surface area contributed by atoms with Gasteiger partial charge in [-0.2, -0.15) is 9.97 Å². The molecule has 0 radical (unpaired) electrons. The van der Waals surface area contributed by atoms with Crippen LogP contribution in [0.25, 0.3) is 32.9 Å². The summed E-state index contributed by atoms with van der Waals surface area (Å²) in [5.74, 6) is -0.431. The van der Waals surface area contributed by atoms with Gasteiger partial charge in [-0.1, -0.05) is 24.3 Å². The molecule has 9 heterocycles. The highest BCUT2D eigenvalue weighted by molar-refractivity contribution is 6.23. The first-order valence-electron chi connectivity index (χ1n) is 27.0. The molecule has 2 bridgehead atoms. The third-order valence-electron chi connectivity index (χ3n) is 18.0. The molecular formula is C56H62FN11O7. The largest absolute Gasteiger partial charge is 0.508 e. The second-order valence-corrected chi connectivity index (χ2v) is 22.4. The van der Waals surface area contributed by atoms with Gasteiger partial charge in [0.05, 0.1) is 16.5 Å². The Morgan fingerprint density at radius 1 is 0.787 bits per heavy atom. The third kappa shape index (κ3) is 8.69. The van der Waals surface area contributed by atoms with E-state index in [9.17, 15) is 29.1 Å². The summed E-state index contributed by atoms with van der Waals surface area (Å²) in [5.41, 5.74) is 2.00. The molecule has 7 fully saturated rings. The summed E-state index contributed by atoms with van der Waals surface area (Å²) in [6, 6.07) is 16.0. The summed E-state index contributed by atoms with van der Waals surface area (Å²) in [6.07, 6.45) is 9.08. The molecule has 1 aliphatic carbocycles. The Labute approximate surface area is 433 Å². The van der Waals surface area contributed by atoms with E-state index in [0.717, 1.165) is 98.0 Å². The normalized spacial score (nSPS) is 27.6. The number of aromatic hydroxyl groups is 1. The van der Waals surface area contributed by atoms with Crippen LogP contribution >= 0.6 is 0 Å². The van der Waals surface area contributed by atoms with Crippen molar-refractivity contribution in [3.8, 4) is 23.0 Å². The second kappa shape index (κ2) is 19.1. The number of likely N-dealkylation sites (tertiary alicyclic amines) is 2. The van der Waals surface area contributed by atoms with Crippen LogP contribution in [0.1, 0.15) is 78.5 Å². The number of fused-ring (bicyclic) bond motifs is 6. The highest BCUT2D eigenvalue weighted by atomic mass is 19.1. The van der Waals surface area contributed by atoms with Crippen LogP contribution in [-0.4, -0.2) is 172 Å². The van der Waals surface area contributed by atoms with Crippen molar-refractivity contribution in [2.24, 2.45) is 17.8 Å². The van der Waals surface area contributed by atoms with Crippen LogP contribution in [0.2, 0.25) is 0 Å². The Balaban J connectivity index is 0.650. The van der Waals surface area contributed by atoms with E-state index in [1.165, 1.54) is 12.8 Å². The molecule has 5 aromatic rings. The standard InChI is InChI=1S/C56H62FN11O7/c1-63-29-38(64-14-12-31(13-15-64)53(72)66-18-16-65(17-19-66)37-8-9-42-44(24-37)55(74)68(54(42)73)46-10-11-47(70)60-52(46)71)23-39(63)30-75-56-61-50-45(51(62-56)67-27-35-20-32-6-7-33(32)21-36(28-67)59-35)26-58-49(48(50)57)43-25-40(69)22-34-4-2-3-5-41(34)43/h2-5,8-9,22,24-26,31-33,35-36,38-39,46,59,69H,6-7,10-21,23,27-30H2,1H3,(H,60,70,71)/t32?,33?,35?,36?,38-,39-,46?/m1/s1. The van der Waals surface area contributed by atoms with Crippen LogP contribution in [0, 0.1) is 23.6 Å². The molecule has 390 valence electrons. The predicted octanol–water partition coefficient (Wildman–Crippen LogP) is 4.57. The van der Waals surface area contributed by atoms with Crippen molar-refractivity contribution in [1.82, 2.24) is 45.2 Å². The first-order valence-corrected chi connectivity index (χ1v) is 27.0. The van der Waals surface area contributed by atoms with Crippen LogP contribution in [0.5, 0.6) is 11.8 Å². The minimum Gasteiger partial charge on any atom is -0.508 e. The predicted molar refractivity (Wildman–Crippen MR) is 277 cm³/mol. The molecule has 5 amide bonds. The van der Waals surface area contributed by atoms with Crippen molar-refractivity contribution >= 4 is 62.7 Å². The molecule has 3 N–H and O–H groups in total. The van der Waals surface area contributed by atoms with Crippen LogP contribution in [0.15, 0.2) is 60.8 Å². The van der Waals surface area contributed by atoms with Gasteiger partial charge in [0.1, 0.15) is 35.4 Å². The number of piperidine rings is 2. The Hall–Kier alpha value is -6.83. The van der Waals surface area contributed by atoms with Crippen LogP contribution < -0.4 is 25.2 Å². The van der Waals surface area contributed by atoms with Crippen LogP contribution in [0.3, 0.4) is 0 Å². The fourth-order valence-corrected chi connectivity index (χ4v) is 13.8. The molecule has 0 spiro atoms. The molecule has 5 unspecified atom stereocenters. The number of rotatable bonds is 9. The van der Waals surface area contributed by atoms with E-state index >= 15 is 4.39 Å². The Kier molecular flexibility index (Phi) is 12.2. The van der Waals surface area contributed by atoms with Gasteiger partial charge in [0, 0.05) is 99.8 Å². The van der Waals surface area contributed by atoms with E-state index in [-0.39, 0.29) is 70.8 Å². The topological polar surface area (TPSA) is 197 Å². The lowest BCUT2D eigenvalue weighted by Gasteiger charge is -2.40. The summed E-state index contributed by atoms with van der Waals surface area (Å²) in [6.45, 7) is 6.54. The maximum Gasteiger partial charge on any atom is 0.319 e. The second-order valence-electron chi connectivity index (χ2n) is 22.4. The van der Waals surface area contributed by atoms with Gasteiger partial charge in [-0.25, -0.2) is 4.39 Å². The van der Waals surface area contributed by atoms with Gasteiger partial charge in [0.2, 0.25) is 17.7 Å². The fourth-order valence-electron chi connectivity index (χ4n) is 13.8. The van der Waals surface area contributed by atoms with Crippen LogP contribution in [-0.2, 0) is 14.4 Å². The molecule has 8 aliphatic rings. The first-order chi connectivity index (χ1) is 36.4. The summed E-state index contributed by atoms with van der Waals surface area (Å²) >= 11 is 0. The number of amides is 5.